The predicted octanol–water partition coefficient (Wildman–Crippen LogP) is 0.292. The fourth-order valence-electron chi connectivity index (χ4n) is 2.21. The Kier molecular flexibility index (Phi) is 3.59. The van der Waals surface area contributed by atoms with Crippen LogP contribution < -0.4 is 5.32 Å². The van der Waals surface area contributed by atoms with Gasteiger partial charge < -0.3 is 14.8 Å². The van der Waals surface area contributed by atoms with Crippen LogP contribution in [0.25, 0.3) is 0 Å². The molecule has 1 saturated heterocycles. The standard InChI is InChI=1S/C13H20N4O2/c1-8(2)11-13(19)17(9(3)12(18)15-11)7-10-14-5-6-16(10)4/h5-6,8-9,11H,7H2,1-4H3,(H,15,18). The van der Waals surface area contributed by atoms with Crippen molar-refractivity contribution < 1.29 is 9.59 Å². The molecule has 1 aliphatic rings. The molecule has 1 N–H and O–H groups in total. The fourth-order valence-corrected chi connectivity index (χ4v) is 2.21. The molecule has 1 aromatic rings. The Morgan fingerprint density at radius 3 is 2.63 bits per heavy atom. The van der Waals surface area contributed by atoms with Gasteiger partial charge in [0.15, 0.2) is 0 Å². The third-order valence-electron chi connectivity index (χ3n) is 3.59. The van der Waals surface area contributed by atoms with Gasteiger partial charge in [-0.15, -0.1) is 0 Å². The minimum absolute atomic E-state index is 0.0369. The second-order valence-electron chi connectivity index (χ2n) is 5.33. The summed E-state index contributed by atoms with van der Waals surface area (Å²) in [5.74, 6) is 0.711. The molecular weight excluding hydrogens is 244 g/mol. The third kappa shape index (κ3) is 2.47. The molecule has 0 radical (unpaired) electrons. The maximum Gasteiger partial charge on any atom is 0.246 e. The summed E-state index contributed by atoms with van der Waals surface area (Å²) in [6.45, 7) is 5.96. The fraction of sp³-hybridized carbons (Fsp3) is 0.615. The van der Waals surface area contributed by atoms with Crippen molar-refractivity contribution in [2.75, 3.05) is 0 Å². The van der Waals surface area contributed by atoms with Crippen LogP contribution in [0.1, 0.15) is 26.6 Å². The molecule has 0 saturated carbocycles. The molecule has 0 spiro atoms. The van der Waals surface area contributed by atoms with E-state index in [1.54, 1.807) is 18.0 Å². The summed E-state index contributed by atoms with van der Waals surface area (Å²) in [5.41, 5.74) is 0. The molecule has 1 fully saturated rings. The topological polar surface area (TPSA) is 67.2 Å². The van der Waals surface area contributed by atoms with Gasteiger partial charge in [-0.2, -0.15) is 0 Å². The summed E-state index contributed by atoms with van der Waals surface area (Å²) in [6, 6.07) is -0.900. The Hall–Kier alpha value is -1.85. The molecule has 2 heterocycles. The molecule has 0 aliphatic carbocycles. The lowest BCUT2D eigenvalue weighted by Crippen LogP contribution is -2.63. The van der Waals surface area contributed by atoms with Gasteiger partial charge in [0.05, 0.1) is 6.54 Å². The zero-order valence-electron chi connectivity index (χ0n) is 11.8. The second kappa shape index (κ2) is 5.03. The lowest BCUT2D eigenvalue weighted by molar-refractivity contribution is -0.150. The maximum absolute atomic E-state index is 12.4. The monoisotopic (exact) mass is 264 g/mol. The summed E-state index contributed by atoms with van der Waals surface area (Å²) in [5, 5.41) is 2.78. The number of aryl methyl sites for hydroxylation is 1. The van der Waals surface area contributed by atoms with Crippen LogP contribution in [-0.2, 0) is 23.2 Å². The third-order valence-corrected chi connectivity index (χ3v) is 3.59. The first kappa shape index (κ1) is 13.6. The van der Waals surface area contributed by atoms with Crippen molar-refractivity contribution in [1.82, 2.24) is 19.8 Å². The summed E-state index contributed by atoms with van der Waals surface area (Å²) in [6.07, 6.45) is 3.52. The molecule has 0 bridgehead atoms. The first-order chi connectivity index (χ1) is 8.91. The van der Waals surface area contributed by atoms with Gasteiger partial charge in [0, 0.05) is 19.4 Å². The minimum atomic E-state index is -0.459. The summed E-state index contributed by atoms with van der Waals surface area (Å²) in [4.78, 5) is 30.2. The van der Waals surface area contributed by atoms with Crippen LogP contribution in [0, 0.1) is 5.92 Å². The van der Waals surface area contributed by atoms with Crippen LogP contribution in [0.2, 0.25) is 0 Å². The van der Waals surface area contributed by atoms with Crippen LogP contribution >= 0.6 is 0 Å². The van der Waals surface area contributed by atoms with Crippen LogP contribution in [0.15, 0.2) is 12.4 Å². The maximum atomic E-state index is 12.4. The number of hydrogen-bond acceptors (Lipinski definition) is 3. The zero-order valence-corrected chi connectivity index (χ0v) is 11.8. The normalized spacial score (nSPS) is 23.9. The van der Waals surface area contributed by atoms with Crippen molar-refractivity contribution >= 4 is 11.8 Å². The van der Waals surface area contributed by atoms with E-state index in [0.717, 1.165) is 5.82 Å². The molecule has 2 atom stereocenters. The summed E-state index contributed by atoms with van der Waals surface area (Å²) >= 11 is 0. The van der Waals surface area contributed by atoms with Gasteiger partial charge in [0.2, 0.25) is 11.8 Å². The smallest absolute Gasteiger partial charge is 0.246 e. The SMILES string of the molecule is CC(C)C1NC(=O)C(C)N(Cc2nccn2C)C1=O. The Labute approximate surface area is 112 Å². The number of imidazole rings is 1. The Bertz CT molecular complexity index is 495. The Balaban J connectivity index is 2.23. The second-order valence-corrected chi connectivity index (χ2v) is 5.33. The van der Waals surface area contributed by atoms with E-state index in [1.165, 1.54) is 0 Å². The highest BCUT2D eigenvalue weighted by molar-refractivity contribution is 5.96. The molecule has 1 aliphatic heterocycles. The average molecular weight is 264 g/mol. The van der Waals surface area contributed by atoms with Crippen molar-refractivity contribution in [3.63, 3.8) is 0 Å². The number of piperazine rings is 1. The van der Waals surface area contributed by atoms with Gasteiger partial charge in [0.25, 0.3) is 0 Å². The van der Waals surface area contributed by atoms with Gasteiger partial charge >= 0.3 is 0 Å². The number of carbonyl (C=O) groups excluding carboxylic acids is 2. The molecule has 2 rings (SSSR count). The van der Waals surface area contributed by atoms with E-state index in [0.29, 0.717) is 6.54 Å². The summed E-state index contributed by atoms with van der Waals surface area (Å²) in [7, 11) is 1.88. The first-order valence-corrected chi connectivity index (χ1v) is 6.49. The molecule has 0 aromatic carbocycles. The van der Waals surface area contributed by atoms with Gasteiger partial charge in [-0.25, -0.2) is 4.98 Å². The lowest BCUT2D eigenvalue weighted by Gasteiger charge is -2.38. The summed E-state index contributed by atoms with van der Waals surface area (Å²) < 4.78 is 1.86. The molecule has 6 heteroatoms. The predicted molar refractivity (Wildman–Crippen MR) is 70.0 cm³/mol. The van der Waals surface area contributed by atoms with E-state index in [2.05, 4.69) is 10.3 Å². The first-order valence-electron chi connectivity index (χ1n) is 6.49. The largest absolute Gasteiger partial charge is 0.342 e. The van der Waals surface area contributed by atoms with E-state index in [-0.39, 0.29) is 17.7 Å². The van der Waals surface area contributed by atoms with Crippen LogP contribution in [0.4, 0.5) is 0 Å². The molecule has 19 heavy (non-hydrogen) atoms. The van der Waals surface area contributed by atoms with E-state index >= 15 is 0 Å². The quantitative estimate of drug-likeness (QED) is 0.853. The van der Waals surface area contributed by atoms with Crippen molar-refractivity contribution in [3.05, 3.63) is 18.2 Å². The van der Waals surface area contributed by atoms with E-state index in [9.17, 15) is 9.59 Å². The molecule has 1 aromatic heterocycles. The Morgan fingerprint density at radius 2 is 2.11 bits per heavy atom. The number of nitrogens with one attached hydrogen (secondary N) is 1. The van der Waals surface area contributed by atoms with Gasteiger partial charge in [0.1, 0.15) is 17.9 Å². The molecule has 104 valence electrons. The Morgan fingerprint density at radius 1 is 1.42 bits per heavy atom. The molecular formula is C13H20N4O2. The van der Waals surface area contributed by atoms with Gasteiger partial charge in [-0.3, -0.25) is 9.59 Å². The van der Waals surface area contributed by atoms with E-state index in [1.807, 2.05) is 31.7 Å². The van der Waals surface area contributed by atoms with Crippen molar-refractivity contribution in [2.45, 2.75) is 39.4 Å². The number of amides is 2. The van der Waals surface area contributed by atoms with Gasteiger partial charge in [-0.05, 0) is 12.8 Å². The highest BCUT2D eigenvalue weighted by atomic mass is 16.2. The van der Waals surface area contributed by atoms with Gasteiger partial charge in [-0.1, -0.05) is 13.8 Å². The molecule has 2 unspecified atom stereocenters. The van der Waals surface area contributed by atoms with Crippen molar-refractivity contribution in [3.8, 4) is 0 Å². The van der Waals surface area contributed by atoms with Crippen LogP contribution in [0.3, 0.4) is 0 Å². The number of aromatic nitrogens is 2. The zero-order chi connectivity index (χ0) is 14.2. The molecule has 6 nitrogen and oxygen atoms in total. The molecule has 2 amide bonds. The number of nitrogens with zero attached hydrogens (tertiary/aromatic N) is 3. The van der Waals surface area contributed by atoms with E-state index < -0.39 is 12.1 Å². The van der Waals surface area contributed by atoms with Crippen molar-refractivity contribution in [2.24, 2.45) is 13.0 Å². The lowest BCUT2D eigenvalue weighted by atomic mass is 9.98. The number of hydrogen-bond donors (Lipinski definition) is 1. The van der Waals surface area contributed by atoms with Crippen molar-refractivity contribution in [1.29, 1.82) is 0 Å². The van der Waals surface area contributed by atoms with E-state index in [4.69, 9.17) is 0 Å². The highest BCUT2D eigenvalue weighted by Crippen LogP contribution is 2.17. The van der Waals surface area contributed by atoms with Crippen LogP contribution in [0.5, 0.6) is 0 Å². The highest BCUT2D eigenvalue weighted by Gasteiger charge is 2.39. The number of rotatable bonds is 3. The van der Waals surface area contributed by atoms with Crippen LogP contribution in [-0.4, -0.2) is 38.3 Å². The number of carbonyl (C=O) groups is 2. The average Bonchev–Trinajstić information content (AvgIpc) is 2.74. The minimum Gasteiger partial charge on any atom is -0.342 e.